The molecule has 0 heterocycles. The number of halogens is 3. The van der Waals surface area contributed by atoms with Crippen LogP contribution in [0.25, 0.3) is 0 Å². The molecular formula is C25H35F3O2. The first-order valence-electron chi connectivity index (χ1n) is 11.8. The molecule has 2 aliphatic carbocycles. The highest BCUT2D eigenvalue weighted by atomic mass is 19.2. The molecule has 2 nitrogen and oxygen atoms in total. The van der Waals surface area contributed by atoms with E-state index in [1.807, 2.05) is 0 Å². The Hall–Kier alpha value is -1.52. The minimum Gasteiger partial charge on any atom is -0.426 e. The number of hydrogen-bond acceptors (Lipinski definition) is 2. The largest absolute Gasteiger partial charge is 0.426 e. The molecule has 3 rings (SSSR count). The zero-order valence-corrected chi connectivity index (χ0v) is 18.1. The van der Waals surface area contributed by atoms with Gasteiger partial charge in [-0.15, -0.1) is 0 Å². The first-order chi connectivity index (χ1) is 14.5. The summed E-state index contributed by atoms with van der Waals surface area (Å²) < 4.78 is 44.6. The van der Waals surface area contributed by atoms with Crippen molar-refractivity contribution >= 4 is 5.97 Å². The molecule has 2 fully saturated rings. The topological polar surface area (TPSA) is 26.3 Å². The number of esters is 1. The van der Waals surface area contributed by atoms with E-state index in [9.17, 15) is 18.0 Å². The first kappa shape index (κ1) is 23.1. The van der Waals surface area contributed by atoms with Gasteiger partial charge >= 0.3 is 5.97 Å². The van der Waals surface area contributed by atoms with Gasteiger partial charge in [-0.05, 0) is 49.4 Å². The lowest BCUT2D eigenvalue weighted by Crippen LogP contribution is -2.27. The molecular weight excluding hydrogens is 389 g/mol. The zero-order chi connectivity index (χ0) is 21.5. The van der Waals surface area contributed by atoms with E-state index in [-0.39, 0.29) is 12.2 Å². The lowest BCUT2D eigenvalue weighted by Gasteiger charge is -2.38. The minimum atomic E-state index is -1.55. The third kappa shape index (κ3) is 6.49. The molecule has 0 amide bonds. The lowest BCUT2D eigenvalue weighted by atomic mass is 9.67. The van der Waals surface area contributed by atoms with E-state index in [1.165, 1.54) is 64.2 Å². The van der Waals surface area contributed by atoms with Crippen LogP contribution in [-0.4, -0.2) is 5.97 Å². The van der Waals surface area contributed by atoms with Crippen molar-refractivity contribution in [1.29, 1.82) is 0 Å². The van der Waals surface area contributed by atoms with E-state index in [1.54, 1.807) is 0 Å². The molecule has 0 saturated heterocycles. The zero-order valence-electron chi connectivity index (χ0n) is 18.1. The van der Waals surface area contributed by atoms with Crippen LogP contribution >= 0.6 is 0 Å². The lowest BCUT2D eigenvalue weighted by molar-refractivity contribution is -0.134. The second kappa shape index (κ2) is 11.2. The van der Waals surface area contributed by atoms with Crippen LogP contribution in [0.4, 0.5) is 13.2 Å². The van der Waals surface area contributed by atoms with Gasteiger partial charge in [-0.3, -0.25) is 4.79 Å². The van der Waals surface area contributed by atoms with Crippen molar-refractivity contribution in [1.82, 2.24) is 0 Å². The summed E-state index contributed by atoms with van der Waals surface area (Å²) in [6.07, 6.45) is 15.3. The molecule has 1 aromatic carbocycles. The number of unbranched alkanes of at least 4 members (excludes halogenated alkanes) is 1. The van der Waals surface area contributed by atoms with Crippen LogP contribution in [0.5, 0.6) is 5.75 Å². The fourth-order valence-corrected chi connectivity index (χ4v) is 5.56. The van der Waals surface area contributed by atoms with Crippen LogP contribution in [0.2, 0.25) is 0 Å². The molecule has 0 bridgehead atoms. The van der Waals surface area contributed by atoms with Gasteiger partial charge in [-0.1, -0.05) is 58.3 Å². The highest BCUT2D eigenvalue weighted by Gasteiger charge is 2.31. The predicted molar refractivity (Wildman–Crippen MR) is 112 cm³/mol. The van der Waals surface area contributed by atoms with Crippen molar-refractivity contribution in [3.05, 3.63) is 29.6 Å². The Bertz CT molecular complexity index is 675. The van der Waals surface area contributed by atoms with E-state index >= 15 is 0 Å². The summed E-state index contributed by atoms with van der Waals surface area (Å²) in [5.41, 5.74) is 0. The maximum absolute atomic E-state index is 13.3. The summed E-state index contributed by atoms with van der Waals surface area (Å²) in [5, 5.41) is 0. The molecule has 2 aliphatic rings. The van der Waals surface area contributed by atoms with Crippen molar-refractivity contribution in [2.75, 3.05) is 0 Å². The van der Waals surface area contributed by atoms with Gasteiger partial charge in [0.15, 0.2) is 17.5 Å². The first-order valence-corrected chi connectivity index (χ1v) is 11.8. The molecule has 0 N–H and O–H groups in total. The molecule has 1 aromatic rings. The third-order valence-corrected chi connectivity index (χ3v) is 7.29. The van der Waals surface area contributed by atoms with Crippen molar-refractivity contribution in [3.63, 3.8) is 0 Å². The third-order valence-electron chi connectivity index (χ3n) is 7.29. The number of ether oxygens (including phenoxy) is 1. The van der Waals surface area contributed by atoms with E-state index in [2.05, 4.69) is 6.92 Å². The van der Waals surface area contributed by atoms with Gasteiger partial charge in [-0.2, -0.15) is 0 Å². The summed E-state index contributed by atoms with van der Waals surface area (Å²) in [6, 6.07) is 1.42. The Balaban J connectivity index is 1.41. The summed E-state index contributed by atoms with van der Waals surface area (Å²) in [5.74, 6) is -2.00. The molecule has 2 atom stereocenters. The summed E-state index contributed by atoms with van der Waals surface area (Å²) in [7, 11) is 0. The Morgan fingerprint density at radius 1 is 0.933 bits per heavy atom. The maximum Gasteiger partial charge on any atom is 0.311 e. The molecule has 30 heavy (non-hydrogen) atoms. The van der Waals surface area contributed by atoms with E-state index in [0.29, 0.717) is 18.1 Å². The van der Waals surface area contributed by atoms with Crippen molar-refractivity contribution in [3.8, 4) is 5.75 Å². The number of carbonyl (C=O) groups excluding carboxylic acids is 1. The second-order valence-electron chi connectivity index (χ2n) is 9.43. The van der Waals surface area contributed by atoms with Crippen molar-refractivity contribution in [2.24, 2.45) is 23.7 Å². The Labute approximate surface area is 178 Å². The average molecular weight is 425 g/mol. The average Bonchev–Trinajstić information content (AvgIpc) is 2.75. The summed E-state index contributed by atoms with van der Waals surface area (Å²) in [4.78, 5) is 12.1. The highest BCUT2D eigenvalue weighted by Crippen LogP contribution is 2.43. The van der Waals surface area contributed by atoms with Gasteiger partial charge in [0.2, 0.25) is 0 Å². The predicted octanol–water partition coefficient (Wildman–Crippen LogP) is 7.59. The summed E-state index contributed by atoms with van der Waals surface area (Å²) in [6.45, 7) is 2.26. The highest BCUT2D eigenvalue weighted by molar-refractivity contribution is 5.72. The van der Waals surface area contributed by atoms with Crippen LogP contribution in [0, 0.1) is 41.1 Å². The molecule has 2 saturated carbocycles. The fourth-order valence-electron chi connectivity index (χ4n) is 5.56. The molecule has 0 radical (unpaired) electrons. The van der Waals surface area contributed by atoms with E-state index < -0.39 is 23.4 Å². The Morgan fingerprint density at radius 3 is 2.30 bits per heavy atom. The van der Waals surface area contributed by atoms with Crippen molar-refractivity contribution < 1.29 is 22.7 Å². The quantitative estimate of drug-likeness (QED) is 0.244. The van der Waals surface area contributed by atoms with E-state index in [0.717, 1.165) is 30.6 Å². The number of benzene rings is 1. The van der Waals surface area contributed by atoms with Gasteiger partial charge in [0.25, 0.3) is 0 Å². The maximum atomic E-state index is 13.3. The van der Waals surface area contributed by atoms with Gasteiger partial charge in [0.1, 0.15) is 5.75 Å². The van der Waals surface area contributed by atoms with Crippen LogP contribution in [0.15, 0.2) is 12.1 Å². The smallest absolute Gasteiger partial charge is 0.311 e. The standard InChI is InChI=1S/C25H35F3O2/c1-2-3-5-17-8-11-19(12-9-17)20-7-4-6-18(14-20)10-13-24(29)30-21-15-22(26)25(28)23(27)16-21/h15-20H,2-14H2,1H3/t17-,18?,19-,20-/m0/s1. The fraction of sp³-hybridized carbons (Fsp3) is 0.720. The van der Waals surface area contributed by atoms with Crippen LogP contribution in [-0.2, 0) is 4.79 Å². The molecule has 5 heteroatoms. The molecule has 1 unspecified atom stereocenters. The number of carbonyl (C=O) groups is 1. The van der Waals surface area contributed by atoms with E-state index in [4.69, 9.17) is 4.74 Å². The summed E-state index contributed by atoms with van der Waals surface area (Å²) >= 11 is 0. The van der Waals surface area contributed by atoms with Gasteiger partial charge in [0, 0.05) is 18.6 Å². The Morgan fingerprint density at radius 2 is 1.63 bits per heavy atom. The number of hydrogen-bond donors (Lipinski definition) is 0. The van der Waals surface area contributed by atoms with Crippen LogP contribution in [0.3, 0.4) is 0 Å². The van der Waals surface area contributed by atoms with Crippen LogP contribution in [0.1, 0.15) is 90.4 Å². The normalized spacial score (nSPS) is 27.1. The molecule has 168 valence electrons. The number of rotatable bonds is 8. The Kier molecular flexibility index (Phi) is 8.64. The van der Waals surface area contributed by atoms with Gasteiger partial charge in [-0.25, -0.2) is 13.2 Å². The molecule has 0 aliphatic heterocycles. The monoisotopic (exact) mass is 424 g/mol. The van der Waals surface area contributed by atoms with Gasteiger partial charge < -0.3 is 4.74 Å². The molecule has 0 aromatic heterocycles. The minimum absolute atomic E-state index is 0.224. The van der Waals surface area contributed by atoms with Gasteiger partial charge in [0.05, 0.1) is 0 Å². The van der Waals surface area contributed by atoms with Crippen molar-refractivity contribution in [2.45, 2.75) is 90.4 Å². The second-order valence-corrected chi connectivity index (χ2v) is 9.43. The molecule has 0 spiro atoms. The van der Waals surface area contributed by atoms with Crippen LogP contribution < -0.4 is 4.74 Å². The SMILES string of the molecule is CCCC[C@H]1CC[C@H]([C@H]2CCCC(CCC(=O)Oc3cc(F)c(F)c(F)c3)C2)CC1.